The number of piperidine rings is 1. The highest BCUT2D eigenvalue weighted by atomic mass is 14.9. The molecule has 1 fully saturated rings. The van der Waals surface area contributed by atoms with Crippen LogP contribution in [0.15, 0.2) is 24.5 Å². The van der Waals surface area contributed by atoms with Crippen LogP contribution in [0.1, 0.15) is 18.5 Å². The van der Waals surface area contributed by atoms with Gasteiger partial charge in [-0.05, 0) is 50.4 Å². The van der Waals surface area contributed by atoms with Crippen molar-refractivity contribution in [3.8, 4) is 0 Å². The predicted octanol–water partition coefficient (Wildman–Crippen LogP) is 2.10. The molecule has 84 valence electrons. The summed E-state index contributed by atoms with van der Waals surface area (Å²) in [6.07, 6.45) is 7.63. The van der Waals surface area contributed by atoms with E-state index in [9.17, 15) is 0 Å². The fraction of sp³-hybridized carbons (Fsp3) is 0.462. The molecular formula is C13H17N3. The lowest BCUT2D eigenvalue weighted by molar-refractivity contribution is 0.374. The quantitative estimate of drug-likeness (QED) is 0.805. The Balaban J connectivity index is 1.85. The summed E-state index contributed by atoms with van der Waals surface area (Å²) >= 11 is 0. The highest BCUT2D eigenvalue weighted by Crippen LogP contribution is 2.21. The first-order valence-corrected chi connectivity index (χ1v) is 6.05. The third kappa shape index (κ3) is 1.83. The van der Waals surface area contributed by atoms with Gasteiger partial charge in [-0.1, -0.05) is 0 Å². The Bertz CT molecular complexity index is 469. The van der Waals surface area contributed by atoms with E-state index in [0.29, 0.717) is 0 Å². The Hall–Kier alpha value is -1.35. The van der Waals surface area contributed by atoms with Crippen LogP contribution in [-0.2, 0) is 6.42 Å². The maximum Gasteiger partial charge on any atom is 0.0500 e. The molecule has 3 heterocycles. The van der Waals surface area contributed by atoms with Crippen LogP contribution in [0.3, 0.4) is 0 Å². The number of pyridine rings is 1. The lowest BCUT2D eigenvalue weighted by Gasteiger charge is -2.22. The summed E-state index contributed by atoms with van der Waals surface area (Å²) in [4.78, 5) is 7.77. The third-order valence-electron chi connectivity index (χ3n) is 3.44. The van der Waals surface area contributed by atoms with Crippen molar-refractivity contribution in [1.29, 1.82) is 0 Å². The van der Waals surface area contributed by atoms with Crippen molar-refractivity contribution in [3.05, 3.63) is 30.2 Å². The highest BCUT2D eigenvalue weighted by Gasteiger charge is 2.15. The average Bonchev–Trinajstić information content (AvgIpc) is 2.80. The van der Waals surface area contributed by atoms with Crippen molar-refractivity contribution in [3.63, 3.8) is 0 Å². The molecule has 3 heteroatoms. The molecule has 2 aromatic rings. The first-order valence-electron chi connectivity index (χ1n) is 6.05. The van der Waals surface area contributed by atoms with Gasteiger partial charge in [0, 0.05) is 23.3 Å². The number of hydrogen-bond acceptors (Lipinski definition) is 2. The molecule has 16 heavy (non-hydrogen) atoms. The van der Waals surface area contributed by atoms with Crippen LogP contribution in [-0.4, -0.2) is 23.1 Å². The Morgan fingerprint density at radius 2 is 2.38 bits per heavy atom. The molecule has 0 aliphatic carbocycles. The van der Waals surface area contributed by atoms with Gasteiger partial charge in [-0.15, -0.1) is 0 Å². The number of rotatable bonds is 2. The van der Waals surface area contributed by atoms with E-state index in [4.69, 9.17) is 0 Å². The summed E-state index contributed by atoms with van der Waals surface area (Å²) in [5, 5.41) is 4.75. The van der Waals surface area contributed by atoms with Crippen LogP contribution in [0.25, 0.3) is 10.9 Å². The van der Waals surface area contributed by atoms with Gasteiger partial charge in [-0.25, -0.2) is 0 Å². The Labute approximate surface area is 95.3 Å². The molecule has 0 saturated carbocycles. The van der Waals surface area contributed by atoms with Gasteiger partial charge in [-0.2, -0.15) is 0 Å². The Kier molecular flexibility index (Phi) is 2.62. The zero-order valence-electron chi connectivity index (χ0n) is 9.37. The molecule has 2 aromatic heterocycles. The molecule has 1 atom stereocenters. The van der Waals surface area contributed by atoms with Crippen LogP contribution in [0, 0.1) is 5.92 Å². The maximum absolute atomic E-state index is 4.53. The van der Waals surface area contributed by atoms with Crippen molar-refractivity contribution in [2.75, 3.05) is 13.1 Å². The number of hydrogen-bond donors (Lipinski definition) is 2. The van der Waals surface area contributed by atoms with Gasteiger partial charge in [-0.3, -0.25) is 4.98 Å². The highest BCUT2D eigenvalue weighted by molar-refractivity contribution is 5.81. The third-order valence-corrected chi connectivity index (χ3v) is 3.44. The van der Waals surface area contributed by atoms with Crippen molar-refractivity contribution >= 4 is 10.9 Å². The molecule has 3 rings (SSSR count). The Morgan fingerprint density at radius 3 is 3.25 bits per heavy atom. The van der Waals surface area contributed by atoms with Crippen LogP contribution in [0.2, 0.25) is 0 Å². The molecule has 2 N–H and O–H groups in total. The fourth-order valence-corrected chi connectivity index (χ4v) is 2.58. The minimum absolute atomic E-state index is 0.752. The van der Waals surface area contributed by atoms with Crippen LogP contribution >= 0.6 is 0 Å². The number of aromatic amines is 1. The van der Waals surface area contributed by atoms with Gasteiger partial charge >= 0.3 is 0 Å². The second-order valence-electron chi connectivity index (χ2n) is 4.61. The van der Waals surface area contributed by atoms with Crippen molar-refractivity contribution < 1.29 is 0 Å². The molecule has 1 saturated heterocycles. The lowest BCUT2D eigenvalue weighted by Crippen LogP contribution is -2.31. The monoisotopic (exact) mass is 215 g/mol. The molecular weight excluding hydrogens is 198 g/mol. The fourth-order valence-electron chi connectivity index (χ4n) is 2.58. The summed E-state index contributed by atoms with van der Waals surface area (Å²) in [6, 6.07) is 4.17. The van der Waals surface area contributed by atoms with E-state index in [0.717, 1.165) is 18.9 Å². The number of nitrogens with one attached hydrogen (secondary N) is 2. The minimum atomic E-state index is 0.752. The predicted molar refractivity (Wildman–Crippen MR) is 65.4 cm³/mol. The topological polar surface area (TPSA) is 40.7 Å². The van der Waals surface area contributed by atoms with Crippen molar-refractivity contribution in [2.45, 2.75) is 19.3 Å². The van der Waals surface area contributed by atoms with Gasteiger partial charge in [0.25, 0.3) is 0 Å². The molecule has 3 nitrogen and oxygen atoms in total. The number of nitrogens with zero attached hydrogens (tertiary/aromatic N) is 1. The van der Waals surface area contributed by atoms with Gasteiger partial charge in [0.1, 0.15) is 0 Å². The molecule has 0 bridgehead atoms. The van der Waals surface area contributed by atoms with Crippen LogP contribution < -0.4 is 5.32 Å². The number of aromatic nitrogens is 2. The van der Waals surface area contributed by atoms with Gasteiger partial charge in [0.2, 0.25) is 0 Å². The summed E-state index contributed by atoms with van der Waals surface area (Å²) in [5.41, 5.74) is 2.45. The van der Waals surface area contributed by atoms with Crippen molar-refractivity contribution in [2.24, 2.45) is 5.92 Å². The van der Waals surface area contributed by atoms with E-state index in [1.54, 1.807) is 0 Å². The first-order chi connectivity index (χ1) is 7.93. The summed E-state index contributed by atoms with van der Waals surface area (Å²) in [6.45, 7) is 2.32. The van der Waals surface area contributed by atoms with Crippen LogP contribution in [0.4, 0.5) is 0 Å². The molecule has 0 unspecified atom stereocenters. The summed E-state index contributed by atoms with van der Waals surface area (Å²) in [5.74, 6) is 0.752. The maximum atomic E-state index is 4.53. The largest absolute Gasteiger partial charge is 0.361 e. The molecule has 0 spiro atoms. The van der Waals surface area contributed by atoms with E-state index in [1.807, 2.05) is 18.5 Å². The van der Waals surface area contributed by atoms with E-state index >= 15 is 0 Å². The molecule has 1 aliphatic heterocycles. The normalized spacial score (nSPS) is 21.4. The van der Waals surface area contributed by atoms with E-state index in [-0.39, 0.29) is 0 Å². The van der Waals surface area contributed by atoms with Gasteiger partial charge < -0.3 is 10.3 Å². The minimum Gasteiger partial charge on any atom is -0.361 e. The Morgan fingerprint density at radius 1 is 1.38 bits per heavy atom. The first kappa shape index (κ1) is 9.85. The van der Waals surface area contributed by atoms with Gasteiger partial charge in [0.15, 0.2) is 0 Å². The standard InChI is InChI=1S/C13H17N3/c1-2-10(9-14-5-1)8-13-11-3-6-15-12(11)4-7-16-13/h3-4,6-7,10,14-15H,1-2,5,8-9H2/t10-/m0/s1. The van der Waals surface area contributed by atoms with E-state index in [1.165, 1.54) is 36.0 Å². The van der Waals surface area contributed by atoms with Crippen LogP contribution in [0.5, 0.6) is 0 Å². The second-order valence-corrected chi connectivity index (χ2v) is 4.61. The summed E-state index contributed by atoms with van der Waals surface area (Å²) in [7, 11) is 0. The van der Waals surface area contributed by atoms with Crippen molar-refractivity contribution in [1.82, 2.24) is 15.3 Å². The van der Waals surface area contributed by atoms with E-state index in [2.05, 4.69) is 21.4 Å². The van der Waals surface area contributed by atoms with E-state index < -0.39 is 0 Å². The molecule has 0 radical (unpaired) electrons. The molecule has 0 amide bonds. The van der Waals surface area contributed by atoms with Gasteiger partial charge in [0.05, 0.1) is 5.69 Å². The lowest BCUT2D eigenvalue weighted by atomic mass is 9.93. The SMILES string of the molecule is c1cc2[nH]ccc2c(C[C@@H]2CCCNC2)n1. The zero-order valence-corrected chi connectivity index (χ0v) is 9.37. The average molecular weight is 215 g/mol. The number of fused-ring (bicyclic) bond motifs is 1. The second kappa shape index (κ2) is 4.26. The number of H-pyrrole nitrogens is 1. The summed E-state index contributed by atoms with van der Waals surface area (Å²) < 4.78 is 0. The molecule has 0 aromatic carbocycles. The zero-order chi connectivity index (χ0) is 10.8. The smallest absolute Gasteiger partial charge is 0.0500 e. The molecule has 1 aliphatic rings.